The van der Waals surface area contributed by atoms with E-state index in [2.05, 4.69) is 53.7 Å². The molecule has 0 saturated heterocycles. The fraction of sp³-hybridized carbons (Fsp3) is 0.660. The number of anilines is 2. The summed E-state index contributed by atoms with van der Waals surface area (Å²) in [6.07, 6.45) is 21.7. The topological polar surface area (TPSA) is 111 Å². The average Bonchev–Trinajstić information content (AvgIpc) is 3.48. The van der Waals surface area contributed by atoms with E-state index >= 15 is 0 Å². The number of allylic oxidation sites excluding steroid dienone is 2. The lowest BCUT2D eigenvalue weighted by Crippen LogP contribution is -2.54. The minimum atomic E-state index is -0.354. The molecular weight excluding hydrogens is 657 g/mol. The predicted molar refractivity (Wildman–Crippen MR) is 221 cm³/mol. The molecule has 0 spiro atoms. The van der Waals surface area contributed by atoms with Gasteiger partial charge in [-0.05, 0) is 170 Å². The van der Waals surface area contributed by atoms with E-state index in [-0.39, 0.29) is 26.1 Å². The minimum absolute atomic E-state index is 0. The number of fused-ring (bicyclic) bond motifs is 5. The molecule has 0 aliphatic heterocycles. The Morgan fingerprint density at radius 1 is 0.868 bits per heavy atom. The van der Waals surface area contributed by atoms with Crippen LogP contribution in [-0.2, 0) is 18.1 Å². The molecule has 0 amide bonds. The molecule has 0 heterocycles. The van der Waals surface area contributed by atoms with Crippen LogP contribution in [0, 0.1) is 64.1 Å². The van der Waals surface area contributed by atoms with E-state index in [1.807, 2.05) is 42.5 Å². The number of rotatable bonds is 13. The molecule has 6 rings (SSSR count). The maximum Gasteiger partial charge on any atom is 0.125 e. The second-order valence-electron chi connectivity index (χ2n) is 18.2. The van der Waals surface area contributed by atoms with Crippen LogP contribution in [0.1, 0.15) is 130 Å². The highest BCUT2D eigenvalue weighted by Gasteiger charge is 2.60. The minimum Gasteiger partial charge on any atom is -0.489 e. The first-order chi connectivity index (χ1) is 24.9. The molecule has 0 bridgehead atoms. The van der Waals surface area contributed by atoms with E-state index in [0.717, 1.165) is 47.6 Å². The summed E-state index contributed by atoms with van der Waals surface area (Å²) in [7, 11) is 0. The molecular formula is C47H72N2O4. The largest absolute Gasteiger partial charge is 0.489 e. The molecule has 11 atom stereocenters. The van der Waals surface area contributed by atoms with Crippen molar-refractivity contribution in [1.82, 2.24) is 0 Å². The van der Waals surface area contributed by atoms with Crippen LogP contribution in [0.4, 0.5) is 11.4 Å². The predicted octanol–water partition coefficient (Wildman–Crippen LogP) is 11.6. The number of hydrogen-bond acceptors (Lipinski definition) is 6. The summed E-state index contributed by atoms with van der Waals surface area (Å²) >= 11 is 0. The van der Waals surface area contributed by atoms with Crippen LogP contribution in [0.5, 0.6) is 5.75 Å². The molecule has 6 heteroatoms. The Kier molecular flexibility index (Phi) is 13.5. The molecule has 6 N–H and O–H groups in total. The third kappa shape index (κ3) is 8.55. The van der Waals surface area contributed by atoms with Crippen molar-refractivity contribution in [2.75, 3.05) is 11.5 Å². The summed E-state index contributed by atoms with van der Waals surface area (Å²) in [5.74, 6) is 7.00. The van der Waals surface area contributed by atoms with Gasteiger partial charge >= 0.3 is 0 Å². The van der Waals surface area contributed by atoms with Gasteiger partial charge in [0.05, 0.1) is 6.61 Å². The van der Waals surface area contributed by atoms with Gasteiger partial charge in [-0.25, -0.2) is 4.89 Å². The van der Waals surface area contributed by atoms with Crippen LogP contribution in [0.25, 0.3) is 6.08 Å². The highest BCUT2D eigenvalue weighted by Crippen LogP contribution is 2.68. The maximum atomic E-state index is 10.1. The second-order valence-corrected chi connectivity index (χ2v) is 18.2. The Morgan fingerprint density at radius 2 is 1.58 bits per heavy atom. The summed E-state index contributed by atoms with van der Waals surface area (Å²) < 4.78 is 6.03. The lowest BCUT2D eigenvalue weighted by atomic mass is 9.44. The number of aliphatic hydroxyl groups is 1. The van der Waals surface area contributed by atoms with E-state index in [1.54, 1.807) is 6.07 Å². The molecule has 4 saturated carbocycles. The maximum absolute atomic E-state index is 10.1. The lowest BCUT2D eigenvalue weighted by Gasteiger charge is -2.61. The lowest BCUT2D eigenvalue weighted by molar-refractivity contribution is -0.282. The summed E-state index contributed by atoms with van der Waals surface area (Å²) in [6, 6.07) is 11.2. The fourth-order valence-corrected chi connectivity index (χ4v) is 12.2. The SMILES string of the molecule is C.CCC(/C=C/C(C)C1CCC2C3CCC4CC(C(/C=C/c5ccc(OCc6cc(N)cc(N)c6)c(CO)c5)OO)CCC4(C)C3CCC12C)C(C)C. The van der Waals surface area contributed by atoms with Gasteiger partial charge in [-0.15, -0.1) is 0 Å². The summed E-state index contributed by atoms with van der Waals surface area (Å²) in [4.78, 5) is 5.19. The Balaban J connectivity index is 0.00000541. The van der Waals surface area contributed by atoms with Gasteiger partial charge < -0.3 is 21.3 Å². The number of benzene rings is 2. The van der Waals surface area contributed by atoms with E-state index in [4.69, 9.17) is 21.1 Å². The van der Waals surface area contributed by atoms with Crippen molar-refractivity contribution >= 4 is 17.5 Å². The molecule has 4 aliphatic carbocycles. The standard InChI is InChI=1S/C46H68N2O4.CH4/c1-7-33(29(2)3)11-8-30(4)40-14-15-41-39-13-12-36-25-34(18-20-45(36,5)42(39)19-21-46(40,41)6)44(52-50)17-10-31-9-16-43(35(22-31)27-49)51-28-32-23-37(47)26-38(48)24-32;/h8-11,16-17,22-24,26,29-30,33-34,36,39-42,44,49-50H,7,12-15,18-21,25,27-28,47-48H2,1-6H3;1H4/b11-8+,17-10+;. The Hall–Kier alpha value is -2.80. The van der Waals surface area contributed by atoms with Crippen LogP contribution in [0.2, 0.25) is 0 Å². The number of nitrogens with two attached hydrogens (primary N) is 2. The van der Waals surface area contributed by atoms with Crippen molar-refractivity contribution in [2.24, 2.45) is 64.1 Å². The summed E-state index contributed by atoms with van der Waals surface area (Å²) in [5.41, 5.74) is 16.4. The van der Waals surface area contributed by atoms with Crippen molar-refractivity contribution in [3.05, 3.63) is 71.3 Å². The first kappa shape index (κ1) is 41.4. The average molecular weight is 729 g/mol. The number of ether oxygens (including phenoxy) is 1. The number of nitrogen functional groups attached to an aromatic ring is 2. The monoisotopic (exact) mass is 729 g/mol. The first-order valence-electron chi connectivity index (χ1n) is 20.6. The normalized spacial score (nSPS) is 32.8. The van der Waals surface area contributed by atoms with Gasteiger partial charge in [-0.1, -0.05) is 79.3 Å². The van der Waals surface area contributed by atoms with Gasteiger partial charge in [0.2, 0.25) is 0 Å². The van der Waals surface area contributed by atoms with Gasteiger partial charge in [-0.3, -0.25) is 5.26 Å². The van der Waals surface area contributed by atoms with Crippen molar-refractivity contribution < 1.29 is 20.0 Å². The second kappa shape index (κ2) is 17.3. The quantitative estimate of drug-likeness (QED) is 0.0707. The Morgan fingerprint density at radius 3 is 2.26 bits per heavy atom. The molecule has 2 aromatic rings. The van der Waals surface area contributed by atoms with Crippen LogP contribution in [0.15, 0.2) is 54.6 Å². The zero-order valence-electron chi connectivity index (χ0n) is 32.9. The van der Waals surface area contributed by atoms with Gasteiger partial charge in [0.25, 0.3) is 0 Å². The molecule has 4 fully saturated rings. The molecule has 294 valence electrons. The van der Waals surface area contributed by atoms with E-state index in [1.165, 1.54) is 51.4 Å². The molecule has 11 unspecified atom stereocenters. The fourth-order valence-electron chi connectivity index (χ4n) is 12.2. The molecule has 6 nitrogen and oxygen atoms in total. The van der Waals surface area contributed by atoms with Gasteiger partial charge in [0.1, 0.15) is 18.5 Å². The molecule has 53 heavy (non-hydrogen) atoms. The van der Waals surface area contributed by atoms with Gasteiger partial charge in [0, 0.05) is 16.9 Å². The Bertz CT molecular complexity index is 1550. The van der Waals surface area contributed by atoms with Crippen LogP contribution in [0.3, 0.4) is 0 Å². The Labute approximate surface area is 321 Å². The van der Waals surface area contributed by atoms with E-state index < -0.39 is 0 Å². The third-order valence-corrected chi connectivity index (χ3v) is 15.2. The highest BCUT2D eigenvalue weighted by atomic mass is 17.1. The smallest absolute Gasteiger partial charge is 0.125 e. The first-order valence-corrected chi connectivity index (χ1v) is 20.6. The van der Waals surface area contributed by atoms with Crippen LogP contribution >= 0.6 is 0 Å². The van der Waals surface area contributed by atoms with Crippen molar-refractivity contribution in [2.45, 2.75) is 132 Å². The van der Waals surface area contributed by atoms with Crippen LogP contribution < -0.4 is 16.2 Å². The highest BCUT2D eigenvalue weighted by molar-refractivity contribution is 5.55. The van der Waals surface area contributed by atoms with Crippen molar-refractivity contribution in [3.8, 4) is 5.75 Å². The van der Waals surface area contributed by atoms with E-state index in [0.29, 0.717) is 63.8 Å². The van der Waals surface area contributed by atoms with Crippen LogP contribution in [-0.4, -0.2) is 16.5 Å². The van der Waals surface area contributed by atoms with Crippen molar-refractivity contribution in [3.63, 3.8) is 0 Å². The molecule has 0 radical (unpaired) electrons. The molecule has 2 aromatic carbocycles. The van der Waals surface area contributed by atoms with E-state index in [9.17, 15) is 10.4 Å². The number of hydrogen-bond donors (Lipinski definition) is 4. The molecule has 4 aliphatic rings. The molecule has 0 aromatic heterocycles. The third-order valence-electron chi connectivity index (χ3n) is 15.2. The zero-order chi connectivity index (χ0) is 37.2. The number of aliphatic hydroxyl groups excluding tert-OH is 1. The van der Waals surface area contributed by atoms with Gasteiger partial charge in [-0.2, -0.15) is 0 Å². The summed E-state index contributed by atoms with van der Waals surface area (Å²) in [5, 5.41) is 20.3. The van der Waals surface area contributed by atoms with Gasteiger partial charge in [0.15, 0.2) is 0 Å². The van der Waals surface area contributed by atoms with Crippen molar-refractivity contribution in [1.29, 1.82) is 0 Å². The zero-order valence-corrected chi connectivity index (χ0v) is 32.9. The summed E-state index contributed by atoms with van der Waals surface area (Å²) in [6.45, 7) is 15.0.